The first-order valence-corrected chi connectivity index (χ1v) is 12.3. The lowest BCUT2D eigenvalue weighted by molar-refractivity contribution is -0.126. The Hall–Kier alpha value is -2.55. The molecule has 172 valence electrons. The highest BCUT2D eigenvalue weighted by Gasteiger charge is 2.26. The molecule has 0 aliphatic carbocycles. The number of carbonyl (C=O) groups is 1. The van der Waals surface area contributed by atoms with Crippen LogP contribution in [-0.4, -0.2) is 51.9 Å². The molecule has 0 radical (unpaired) electrons. The van der Waals surface area contributed by atoms with Crippen molar-refractivity contribution < 1.29 is 9.18 Å². The summed E-state index contributed by atoms with van der Waals surface area (Å²) in [5, 5.41) is 4.27. The number of halogens is 2. The number of nitrogens with zero attached hydrogens (tertiary/aromatic N) is 4. The summed E-state index contributed by atoms with van der Waals surface area (Å²) in [6.07, 6.45) is 9.61. The highest BCUT2D eigenvalue weighted by atomic mass is 35.5. The number of hydrogen-bond donors (Lipinski definition) is 1. The summed E-state index contributed by atoms with van der Waals surface area (Å²) in [4.78, 5) is 28.0. The summed E-state index contributed by atoms with van der Waals surface area (Å²) >= 11 is 7.52. The second-order valence-electron chi connectivity index (χ2n) is 8.57. The third-order valence-electron chi connectivity index (χ3n) is 6.42. The van der Waals surface area contributed by atoms with Crippen LogP contribution in [0.1, 0.15) is 29.7 Å². The van der Waals surface area contributed by atoms with Gasteiger partial charge in [0.25, 0.3) is 0 Å². The molecule has 1 amide bonds. The van der Waals surface area contributed by atoms with Gasteiger partial charge in [0.15, 0.2) is 0 Å². The van der Waals surface area contributed by atoms with Crippen molar-refractivity contribution in [1.82, 2.24) is 19.8 Å². The molecule has 2 aromatic heterocycles. The largest absolute Gasteiger partial charge is 0.340 e. The van der Waals surface area contributed by atoms with Gasteiger partial charge in [0.1, 0.15) is 22.8 Å². The molecule has 2 aliphatic heterocycles. The third kappa shape index (κ3) is 4.60. The summed E-state index contributed by atoms with van der Waals surface area (Å²) in [5.41, 5.74) is 1.83. The number of benzene rings is 1. The molecule has 1 fully saturated rings. The summed E-state index contributed by atoms with van der Waals surface area (Å²) in [6.45, 7) is 2.31. The second kappa shape index (κ2) is 9.37. The first-order chi connectivity index (χ1) is 16.0. The number of rotatable bonds is 4. The molecule has 5 rings (SSSR count). The van der Waals surface area contributed by atoms with Crippen LogP contribution in [0, 0.1) is 5.82 Å². The van der Waals surface area contributed by atoms with Gasteiger partial charge in [-0.3, -0.25) is 9.69 Å². The van der Waals surface area contributed by atoms with E-state index in [2.05, 4.69) is 33.3 Å². The summed E-state index contributed by atoms with van der Waals surface area (Å²) in [7, 11) is 2.12. The number of likely N-dealkylation sites (tertiary alicyclic amines) is 1. The van der Waals surface area contributed by atoms with Crippen LogP contribution < -0.4 is 5.32 Å². The molecule has 33 heavy (non-hydrogen) atoms. The molecule has 0 spiro atoms. The van der Waals surface area contributed by atoms with E-state index in [9.17, 15) is 9.18 Å². The van der Waals surface area contributed by atoms with E-state index in [0.717, 1.165) is 34.5 Å². The van der Waals surface area contributed by atoms with Crippen molar-refractivity contribution in [2.75, 3.05) is 25.5 Å². The average Bonchev–Trinajstić information content (AvgIpc) is 3.19. The predicted molar refractivity (Wildman–Crippen MR) is 131 cm³/mol. The van der Waals surface area contributed by atoms with Crippen LogP contribution in [0.15, 0.2) is 36.7 Å². The number of aromatic nitrogens is 2. The summed E-state index contributed by atoms with van der Waals surface area (Å²) < 4.78 is 13.5. The van der Waals surface area contributed by atoms with Gasteiger partial charge < -0.3 is 10.2 Å². The van der Waals surface area contributed by atoms with Crippen molar-refractivity contribution in [3.63, 3.8) is 0 Å². The molecular weight excluding hydrogens is 461 g/mol. The minimum Gasteiger partial charge on any atom is -0.340 e. The fourth-order valence-electron chi connectivity index (χ4n) is 4.56. The van der Waals surface area contributed by atoms with E-state index in [1.807, 2.05) is 4.90 Å². The first-order valence-electron chi connectivity index (χ1n) is 11.1. The Kier molecular flexibility index (Phi) is 6.32. The number of hydrogen-bond acceptors (Lipinski definition) is 6. The van der Waals surface area contributed by atoms with E-state index in [4.69, 9.17) is 11.6 Å². The molecule has 1 atom stereocenters. The van der Waals surface area contributed by atoms with Crippen LogP contribution in [-0.2, 0) is 17.8 Å². The van der Waals surface area contributed by atoms with E-state index >= 15 is 0 Å². The molecule has 0 saturated carbocycles. The zero-order chi connectivity index (χ0) is 22.9. The van der Waals surface area contributed by atoms with Crippen LogP contribution in [0.25, 0.3) is 10.2 Å². The third-order valence-corrected chi connectivity index (χ3v) is 7.83. The maximum Gasteiger partial charge on any atom is 0.246 e. The molecule has 1 N–H and O–H groups in total. The molecule has 9 heteroatoms. The topological polar surface area (TPSA) is 61.4 Å². The van der Waals surface area contributed by atoms with Crippen LogP contribution in [0.3, 0.4) is 0 Å². The van der Waals surface area contributed by atoms with Crippen LogP contribution >= 0.6 is 22.9 Å². The highest BCUT2D eigenvalue weighted by Crippen LogP contribution is 2.38. The maximum absolute atomic E-state index is 13.5. The minimum atomic E-state index is -0.461. The standard InChI is InChI=1S/C24H25ClFN5OS/c1-30-10-3-2-4-16(30)6-8-21(32)31-11-9-17-20(13-31)33-24-22(17)23(27-14-28-24)29-15-5-7-19(26)18(25)12-15/h5-8,12,14,16H,2-4,9-11,13H2,1H3,(H,27,28,29)/b8-6+. The van der Waals surface area contributed by atoms with Crippen LogP contribution in [0.4, 0.5) is 15.9 Å². The van der Waals surface area contributed by atoms with Gasteiger partial charge in [-0.05, 0) is 56.6 Å². The zero-order valence-electron chi connectivity index (χ0n) is 18.4. The van der Waals surface area contributed by atoms with Gasteiger partial charge in [0.2, 0.25) is 5.91 Å². The Balaban J connectivity index is 1.35. The Morgan fingerprint density at radius 2 is 2.18 bits per heavy atom. The minimum absolute atomic E-state index is 0.0549. The molecule has 4 heterocycles. The van der Waals surface area contributed by atoms with Gasteiger partial charge >= 0.3 is 0 Å². The van der Waals surface area contributed by atoms with E-state index < -0.39 is 5.82 Å². The molecular formula is C24H25ClFN5OS. The number of amides is 1. The van der Waals surface area contributed by atoms with Gasteiger partial charge in [-0.25, -0.2) is 14.4 Å². The Morgan fingerprint density at radius 1 is 1.30 bits per heavy atom. The Bertz CT molecular complexity index is 1230. The first kappa shape index (κ1) is 22.3. The smallest absolute Gasteiger partial charge is 0.246 e. The quantitative estimate of drug-likeness (QED) is 0.518. The molecule has 2 aliphatic rings. The molecule has 1 unspecified atom stereocenters. The fourth-order valence-corrected chi connectivity index (χ4v) is 5.95. The van der Waals surface area contributed by atoms with Gasteiger partial charge in [-0.1, -0.05) is 24.1 Å². The van der Waals surface area contributed by atoms with Crippen molar-refractivity contribution in [3.05, 3.63) is 58.0 Å². The summed E-state index contributed by atoms with van der Waals surface area (Å²) in [6, 6.07) is 4.84. The average molecular weight is 486 g/mol. The summed E-state index contributed by atoms with van der Waals surface area (Å²) in [5.74, 6) is 0.263. The van der Waals surface area contributed by atoms with Crippen LogP contribution in [0.5, 0.6) is 0 Å². The normalized spacial score (nSPS) is 19.2. The van der Waals surface area contributed by atoms with Gasteiger partial charge in [0, 0.05) is 29.2 Å². The van der Waals surface area contributed by atoms with Crippen LogP contribution in [0.2, 0.25) is 5.02 Å². The lowest BCUT2D eigenvalue weighted by Gasteiger charge is -2.30. The van der Waals surface area contributed by atoms with E-state index in [1.165, 1.54) is 30.8 Å². The monoisotopic (exact) mass is 485 g/mol. The number of carbonyl (C=O) groups excluding carboxylic acids is 1. The van der Waals surface area contributed by atoms with E-state index in [-0.39, 0.29) is 10.9 Å². The van der Waals surface area contributed by atoms with Crippen molar-refractivity contribution in [2.45, 2.75) is 38.3 Å². The predicted octanol–water partition coefficient (Wildman–Crippen LogP) is 5.15. The molecule has 3 aromatic rings. The number of likely N-dealkylation sites (N-methyl/N-ethyl adjacent to an activating group) is 1. The van der Waals surface area contributed by atoms with E-state index in [1.54, 1.807) is 29.5 Å². The zero-order valence-corrected chi connectivity index (χ0v) is 19.9. The highest BCUT2D eigenvalue weighted by molar-refractivity contribution is 7.19. The van der Waals surface area contributed by atoms with Crippen molar-refractivity contribution >= 4 is 50.6 Å². The van der Waals surface area contributed by atoms with Crippen molar-refractivity contribution in [1.29, 1.82) is 0 Å². The van der Waals surface area contributed by atoms with Gasteiger partial charge in [-0.2, -0.15) is 0 Å². The molecule has 6 nitrogen and oxygen atoms in total. The molecule has 1 saturated heterocycles. The Labute approximate surface area is 201 Å². The van der Waals surface area contributed by atoms with Gasteiger partial charge in [-0.15, -0.1) is 11.3 Å². The number of anilines is 2. The Morgan fingerprint density at radius 3 is 3.00 bits per heavy atom. The number of nitrogens with one attached hydrogen (secondary N) is 1. The SMILES string of the molecule is CN1CCCCC1/C=C/C(=O)N1CCc2c(sc3ncnc(Nc4ccc(F)c(Cl)c4)c23)C1. The lowest BCUT2D eigenvalue weighted by atomic mass is 10.0. The van der Waals surface area contributed by atoms with Crippen molar-refractivity contribution in [3.8, 4) is 0 Å². The molecule has 1 aromatic carbocycles. The maximum atomic E-state index is 13.5. The number of thiophene rings is 1. The number of fused-ring (bicyclic) bond motifs is 3. The van der Waals surface area contributed by atoms with E-state index in [0.29, 0.717) is 30.6 Å². The second-order valence-corrected chi connectivity index (χ2v) is 10.1. The number of piperidine rings is 1. The van der Waals surface area contributed by atoms with Crippen molar-refractivity contribution in [2.24, 2.45) is 0 Å². The lowest BCUT2D eigenvalue weighted by Crippen LogP contribution is -2.36. The fraction of sp³-hybridized carbons (Fsp3) is 0.375. The molecule has 0 bridgehead atoms. The van der Waals surface area contributed by atoms with Gasteiger partial charge in [0.05, 0.1) is 17.0 Å².